The smallest absolute Gasteiger partial charge is 0.252 e. The van der Waals surface area contributed by atoms with E-state index in [1.54, 1.807) is 25.1 Å². The molecule has 0 radical (unpaired) electrons. The quantitative estimate of drug-likeness (QED) is 0.835. The minimum atomic E-state index is -0.0390. The maximum Gasteiger partial charge on any atom is 0.252 e. The topological polar surface area (TPSA) is 49.4 Å². The fourth-order valence-electron chi connectivity index (χ4n) is 1.54. The number of hydrogen-bond acceptors (Lipinski definition) is 3. The van der Waals surface area contributed by atoms with Gasteiger partial charge in [0.05, 0.1) is 11.3 Å². The monoisotopic (exact) mass is 278 g/mol. The van der Waals surface area contributed by atoms with Crippen LogP contribution in [0.25, 0.3) is 0 Å². The van der Waals surface area contributed by atoms with Gasteiger partial charge in [-0.25, -0.2) is 0 Å². The molecule has 0 unspecified atom stereocenters. The summed E-state index contributed by atoms with van der Waals surface area (Å²) in [5, 5.41) is 2.97. The Morgan fingerprint density at radius 2 is 2.00 bits per heavy atom. The minimum Gasteiger partial charge on any atom is -0.349 e. The van der Waals surface area contributed by atoms with E-state index in [4.69, 9.17) is 0 Å². The van der Waals surface area contributed by atoms with Crippen LogP contribution < -0.4 is 5.32 Å². The summed E-state index contributed by atoms with van der Waals surface area (Å²) in [5.74, 6) is 0.353. The lowest BCUT2D eigenvalue weighted by Crippen LogP contribution is -2.26. The number of hydrogen-bond donors (Lipinski definition) is 1. The van der Waals surface area contributed by atoms with E-state index >= 15 is 0 Å². The molecule has 102 valence electrons. The number of thioether (sulfide) groups is 1. The van der Waals surface area contributed by atoms with Gasteiger partial charge in [0.15, 0.2) is 0 Å². The van der Waals surface area contributed by atoms with Gasteiger partial charge in [0, 0.05) is 25.0 Å². The molecule has 5 heteroatoms. The number of nitrogens with zero attached hydrogens (tertiary/aromatic N) is 1. The first-order chi connectivity index (χ1) is 9.08. The van der Waals surface area contributed by atoms with Crippen molar-refractivity contribution < 1.29 is 9.59 Å². The summed E-state index contributed by atoms with van der Waals surface area (Å²) in [6.45, 7) is 0. The lowest BCUT2D eigenvalue weighted by molar-refractivity contribution is -0.125. The molecule has 0 bridgehead atoms. The van der Waals surface area contributed by atoms with E-state index in [9.17, 15) is 9.59 Å². The third kappa shape index (κ3) is 3.99. The van der Waals surface area contributed by atoms with Gasteiger partial charge in [-0.05, 0) is 25.0 Å². The van der Waals surface area contributed by atoms with Gasteiger partial charge in [-0.1, -0.05) is 12.1 Å². The Morgan fingerprint density at radius 1 is 1.32 bits per heavy atom. The fourth-order valence-corrected chi connectivity index (χ4v) is 2.57. The van der Waals surface area contributed by atoms with Crippen LogP contribution in [0.3, 0.4) is 0 Å². The van der Waals surface area contributed by atoms with Crippen molar-refractivity contribution in [1.29, 1.82) is 0 Å². The van der Waals surface area contributed by atoms with E-state index in [0.717, 1.165) is 17.7 Å². The highest BCUT2D eigenvalue weighted by Crippen LogP contribution is 2.25. The lowest BCUT2D eigenvalue weighted by Gasteiger charge is -2.12. The largest absolute Gasteiger partial charge is 0.349 e. The number of carbonyl (C=O) groups is 2. The van der Waals surface area contributed by atoms with E-state index in [1.165, 1.54) is 11.8 Å². The minimum absolute atomic E-state index is 0.0390. The van der Waals surface area contributed by atoms with Gasteiger partial charge in [0.2, 0.25) is 5.91 Å². The highest BCUT2D eigenvalue weighted by molar-refractivity contribution is 8.00. The molecule has 19 heavy (non-hydrogen) atoms. The lowest BCUT2D eigenvalue weighted by atomic mass is 10.2. The molecule has 1 aliphatic carbocycles. The molecule has 1 aliphatic rings. The van der Waals surface area contributed by atoms with Crippen LogP contribution in [-0.4, -0.2) is 42.6 Å². The summed E-state index contributed by atoms with van der Waals surface area (Å²) in [6.07, 6.45) is 2.14. The normalized spacial score (nSPS) is 14.0. The third-order valence-electron chi connectivity index (χ3n) is 2.89. The number of benzene rings is 1. The molecule has 0 spiro atoms. The zero-order valence-electron chi connectivity index (χ0n) is 11.2. The van der Waals surface area contributed by atoms with Crippen LogP contribution >= 0.6 is 11.8 Å². The Labute approximate surface area is 117 Å². The fraction of sp³-hybridized carbons (Fsp3) is 0.429. The number of rotatable bonds is 5. The van der Waals surface area contributed by atoms with Crippen LogP contribution in [0.1, 0.15) is 23.2 Å². The average Bonchev–Trinajstić information content (AvgIpc) is 3.20. The van der Waals surface area contributed by atoms with E-state index in [2.05, 4.69) is 5.32 Å². The number of nitrogens with one attached hydrogen (secondary N) is 1. The van der Waals surface area contributed by atoms with Gasteiger partial charge in [-0.15, -0.1) is 11.8 Å². The average molecular weight is 278 g/mol. The Kier molecular flexibility index (Phi) is 4.47. The Morgan fingerprint density at radius 3 is 2.63 bits per heavy atom. The highest BCUT2D eigenvalue weighted by atomic mass is 32.2. The second kappa shape index (κ2) is 6.10. The van der Waals surface area contributed by atoms with E-state index in [1.807, 2.05) is 18.2 Å². The maximum absolute atomic E-state index is 12.1. The van der Waals surface area contributed by atoms with Crippen LogP contribution in [0.15, 0.2) is 29.2 Å². The summed E-state index contributed by atoms with van der Waals surface area (Å²) in [4.78, 5) is 26.1. The van der Waals surface area contributed by atoms with Crippen LogP contribution in [-0.2, 0) is 4.79 Å². The van der Waals surface area contributed by atoms with E-state index in [-0.39, 0.29) is 11.8 Å². The molecule has 4 nitrogen and oxygen atoms in total. The van der Waals surface area contributed by atoms with Crippen molar-refractivity contribution in [1.82, 2.24) is 10.2 Å². The van der Waals surface area contributed by atoms with Crippen molar-refractivity contribution in [3.63, 3.8) is 0 Å². The summed E-state index contributed by atoms with van der Waals surface area (Å²) >= 11 is 1.41. The first kappa shape index (κ1) is 13.9. The number of carbonyl (C=O) groups excluding carboxylic acids is 2. The molecule has 0 saturated heterocycles. The second-order valence-electron chi connectivity index (χ2n) is 4.82. The molecule has 1 saturated carbocycles. The molecule has 1 N–H and O–H groups in total. The molecule has 0 aromatic heterocycles. The van der Waals surface area contributed by atoms with Crippen molar-refractivity contribution in [2.75, 3.05) is 19.8 Å². The molecular weight excluding hydrogens is 260 g/mol. The van der Waals surface area contributed by atoms with Gasteiger partial charge in [0.25, 0.3) is 5.91 Å². The molecule has 0 aliphatic heterocycles. The summed E-state index contributed by atoms with van der Waals surface area (Å²) in [6, 6.07) is 7.76. The van der Waals surface area contributed by atoms with Crippen molar-refractivity contribution in [2.24, 2.45) is 0 Å². The van der Waals surface area contributed by atoms with Crippen LogP contribution in [0, 0.1) is 0 Å². The SMILES string of the molecule is CN(C)C(=O)CSc1ccccc1C(=O)NC1CC1. The standard InChI is InChI=1S/C14H18N2O2S/c1-16(2)13(17)9-19-12-6-4-3-5-11(12)14(18)15-10-7-8-10/h3-6,10H,7-9H2,1-2H3,(H,15,18). The maximum atomic E-state index is 12.1. The van der Waals surface area contributed by atoms with Crippen LogP contribution in [0.5, 0.6) is 0 Å². The van der Waals surface area contributed by atoms with E-state index in [0.29, 0.717) is 17.4 Å². The zero-order valence-corrected chi connectivity index (χ0v) is 12.0. The van der Waals surface area contributed by atoms with Gasteiger partial charge in [-0.3, -0.25) is 9.59 Å². The number of amides is 2. The zero-order chi connectivity index (χ0) is 13.8. The van der Waals surface area contributed by atoms with Crippen molar-refractivity contribution in [3.05, 3.63) is 29.8 Å². The van der Waals surface area contributed by atoms with Gasteiger partial charge < -0.3 is 10.2 Å². The van der Waals surface area contributed by atoms with Gasteiger partial charge in [0.1, 0.15) is 0 Å². The molecule has 0 heterocycles. The summed E-state index contributed by atoms with van der Waals surface area (Å²) < 4.78 is 0. The molecular formula is C14H18N2O2S. The summed E-state index contributed by atoms with van der Waals surface area (Å²) in [5.41, 5.74) is 0.658. The highest BCUT2D eigenvalue weighted by Gasteiger charge is 2.24. The third-order valence-corrected chi connectivity index (χ3v) is 3.95. The Hall–Kier alpha value is -1.49. The van der Waals surface area contributed by atoms with Crippen molar-refractivity contribution in [2.45, 2.75) is 23.8 Å². The van der Waals surface area contributed by atoms with Gasteiger partial charge >= 0.3 is 0 Å². The molecule has 1 fully saturated rings. The molecule has 0 atom stereocenters. The van der Waals surface area contributed by atoms with E-state index < -0.39 is 0 Å². The van der Waals surface area contributed by atoms with Gasteiger partial charge in [-0.2, -0.15) is 0 Å². The van der Waals surface area contributed by atoms with Crippen LogP contribution in [0.4, 0.5) is 0 Å². The first-order valence-corrected chi connectivity index (χ1v) is 7.29. The predicted molar refractivity (Wildman–Crippen MR) is 76.3 cm³/mol. The second-order valence-corrected chi connectivity index (χ2v) is 5.84. The van der Waals surface area contributed by atoms with Crippen LogP contribution in [0.2, 0.25) is 0 Å². The Bertz CT molecular complexity index is 484. The first-order valence-electron chi connectivity index (χ1n) is 6.31. The van der Waals surface area contributed by atoms with Crippen molar-refractivity contribution >= 4 is 23.6 Å². The molecule has 1 aromatic carbocycles. The van der Waals surface area contributed by atoms with Crippen molar-refractivity contribution in [3.8, 4) is 0 Å². The summed E-state index contributed by atoms with van der Waals surface area (Å²) in [7, 11) is 3.46. The predicted octanol–water partition coefficient (Wildman–Crippen LogP) is 1.76. The molecule has 2 amide bonds. The Balaban J connectivity index is 2.02. The molecule has 1 aromatic rings. The molecule has 2 rings (SSSR count).